The summed E-state index contributed by atoms with van der Waals surface area (Å²) in [5, 5.41) is 0. The molecule has 1 atom stereocenters. The Morgan fingerprint density at radius 2 is 1.93 bits per heavy atom. The molecule has 4 nitrogen and oxygen atoms in total. The third kappa shape index (κ3) is 1.72. The van der Waals surface area contributed by atoms with E-state index >= 15 is 0 Å². The standard InChI is InChI=1S/C11H15NO3/c1-13-10-5-7-8(12)3-4-15-9(7)6-11(10)14-2/h5-6,8H,3-4,12H2,1-2H3. The molecule has 0 amide bonds. The van der Waals surface area contributed by atoms with Gasteiger partial charge in [0.05, 0.1) is 20.8 Å². The Balaban J connectivity index is 2.48. The van der Waals surface area contributed by atoms with Crippen LogP contribution in [0, 0.1) is 0 Å². The van der Waals surface area contributed by atoms with E-state index in [4.69, 9.17) is 19.9 Å². The van der Waals surface area contributed by atoms with Gasteiger partial charge in [0.25, 0.3) is 0 Å². The zero-order chi connectivity index (χ0) is 10.8. The predicted octanol–water partition coefficient (Wildman–Crippen LogP) is 1.49. The SMILES string of the molecule is COc1cc2c(cc1OC)C(N)CCO2. The highest BCUT2D eigenvalue weighted by atomic mass is 16.5. The Bertz CT molecular complexity index is 365. The summed E-state index contributed by atoms with van der Waals surface area (Å²) in [6.45, 7) is 0.656. The van der Waals surface area contributed by atoms with Crippen molar-refractivity contribution in [3.8, 4) is 17.2 Å². The fraction of sp³-hybridized carbons (Fsp3) is 0.455. The largest absolute Gasteiger partial charge is 0.493 e. The fourth-order valence-corrected chi connectivity index (χ4v) is 1.74. The van der Waals surface area contributed by atoms with Crippen LogP contribution >= 0.6 is 0 Å². The Morgan fingerprint density at radius 3 is 2.60 bits per heavy atom. The number of hydrogen-bond acceptors (Lipinski definition) is 4. The van der Waals surface area contributed by atoms with Gasteiger partial charge in [-0.1, -0.05) is 0 Å². The lowest BCUT2D eigenvalue weighted by Gasteiger charge is -2.24. The molecular weight excluding hydrogens is 194 g/mol. The Morgan fingerprint density at radius 1 is 1.27 bits per heavy atom. The van der Waals surface area contributed by atoms with E-state index < -0.39 is 0 Å². The quantitative estimate of drug-likeness (QED) is 0.801. The number of fused-ring (bicyclic) bond motifs is 1. The second-order valence-corrected chi connectivity index (χ2v) is 3.49. The molecule has 0 aromatic heterocycles. The van der Waals surface area contributed by atoms with Crippen LogP contribution in [0.25, 0.3) is 0 Å². The molecular formula is C11H15NO3. The number of benzene rings is 1. The summed E-state index contributed by atoms with van der Waals surface area (Å²) in [5.74, 6) is 2.16. The zero-order valence-electron chi connectivity index (χ0n) is 8.95. The highest BCUT2D eigenvalue weighted by Crippen LogP contribution is 2.39. The van der Waals surface area contributed by atoms with E-state index in [1.807, 2.05) is 12.1 Å². The summed E-state index contributed by atoms with van der Waals surface area (Å²) in [5.41, 5.74) is 6.97. The van der Waals surface area contributed by atoms with Gasteiger partial charge in [0.15, 0.2) is 11.5 Å². The molecule has 1 heterocycles. The molecule has 1 unspecified atom stereocenters. The van der Waals surface area contributed by atoms with E-state index in [9.17, 15) is 0 Å². The first-order valence-electron chi connectivity index (χ1n) is 4.90. The van der Waals surface area contributed by atoms with Gasteiger partial charge in [-0.05, 0) is 6.07 Å². The molecule has 2 N–H and O–H groups in total. The van der Waals surface area contributed by atoms with Crippen LogP contribution in [0.5, 0.6) is 17.2 Å². The van der Waals surface area contributed by atoms with Crippen molar-refractivity contribution in [2.75, 3.05) is 20.8 Å². The fourth-order valence-electron chi connectivity index (χ4n) is 1.74. The van der Waals surface area contributed by atoms with Crippen LogP contribution in [0.2, 0.25) is 0 Å². The highest BCUT2D eigenvalue weighted by Gasteiger charge is 2.21. The summed E-state index contributed by atoms with van der Waals surface area (Å²) in [7, 11) is 3.21. The van der Waals surface area contributed by atoms with Crippen LogP contribution in [-0.4, -0.2) is 20.8 Å². The minimum Gasteiger partial charge on any atom is -0.493 e. The van der Waals surface area contributed by atoms with Crippen LogP contribution in [-0.2, 0) is 0 Å². The molecule has 1 aromatic rings. The molecule has 0 fully saturated rings. The van der Waals surface area contributed by atoms with Crippen LogP contribution < -0.4 is 19.9 Å². The molecule has 1 aliphatic rings. The van der Waals surface area contributed by atoms with E-state index in [1.165, 1.54) is 0 Å². The molecule has 1 aromatic carbocycles. The van der Waals surface area contributed by atoms with Gasteiger partial charge in [0.2, 0.25) is 0 Å². The topological polar surface area (TPSA) is 53.7 Å². The van der Waals surface area contributed by atoms with Gasteiger partial charge in [-0.25, -0.2) is 0 Å². The Labute approximate surface area is 88.9 Å². The number of hydrogen-bond donors (Lipinski definition) is 1. The second kappa shape index (κ2) is 3.98. The normalized spacial score (nSPS) is 19.0. The van der Waals surface area contributed by atoms with Crippen molar-refractivity contribution in [3.63, 3.8) is 0 Å². The molecule has 15 heavy (non-hydrogen) atoms. The van der Waals surface area contributed by atoms with Crippen molar-refractivity contribution in [1.29, 1.82) is 0 Å². The van der Waals surface area contributed by atoms with E-state index in [2.05, 4.69) is 0 Å². The maximum absolute atomic E-state index is 5.99. The average molecular weight is 209 g/mol. The van der Waals surface area contributed by atoms with Gasteiger partial charge in [-0.3, -0.25) is 0 Å². The van der Waals surface area contributed by atoms with Gasteiger partial charge >= 0.3 is 0 Å². The lowest BCUT2D eigenvalue weighted by atomic mass is 10.0. The Kier molecular flexibility index (Phi) is 2.68. The molecule has 2 rings (SSSR count). The summed E-state index contributed by atoms with van der Waals surface area (Å²) in [6, 6.07) is 3.74. The van der Waals surface area contributed by atoms with Crippen molar-refractivity contribution < 1.29 is 14.2 Å². The predicted molar refractivity (Wildman–Crippen MR) is 56.6 cm³/mol. The van der Waals surface area contributed by atoms with Crippen molar-refractivity contribution in [2.24, 2.45) is 5.73 Å². The minimum atomic E-state index is 0.0218. The summed E-state index contributed by atoms with van der Waals surface area (Å²) in [6.07, 6.45) is 0.836. The number of rotatable bonds is 2. The molecule has 0 saturated heterocycles. The smallest absolute Gasteiger partial charge is 0.164 e. The van der Waals surface area contributed by atoms with Gasteiger partial charge < -0.3 is 19.9 Å². The Hall–Kier alpha value is -1.42. The van der Waals surface area contributed by atoms with Crippen molar-refractivity contribution >= 4 is 0 Å². The third-order valence-corrected chi connectivity index (χ3v) is 2.60. The maximum atomic E-state index is 5.99. The number of nitrogens with two attached hydrogens (primary N) is 1. The molecule has 1 aliphatic heterocycles. The third-order valence-electron chi connectivity index (χ3n) is 2.60. The maximum Gasteiger partial charge on any atom is 0.164 e. The molecule has 0 saturated carbocycles. The molecule has 0 spiro atoms. The lowest BCUT2D eigenvalue weighted by molar-refractivity contribution is 0.264. The van der Waals surface area contributed by atoms with Crippen LogP contribution in [0.15, 0.2) is 12.1 Å². The molecule has 0 radical (unpaired) electrons. The molecule has 4 heteroatoms. The number of methoxy groups -OCH3 is 2. The van der Waals surface area contributed by atoms with E-state index in [1.54, 1.807) is 14.2 Å². The number of ether oxygens (including phenoxy) is 3. The van der Waals surface area contributed by atoms with Gasteiger partial charge in [-0.2, -0.15) is 0 Å². The zero-order valence-corrected chi connectivity index (χ0v) is 8.95. The summed E-state index contributed by atoms with van der Waals surface area (Å²) >= 11 is 0. The van der Waals surface area contributed by atoms with Crippen LogP contribution in [0.1, 0.15) is 18.0 Å². The summed E-state index contributed by atoms with van der Waals surface area (Å²) in [4.78, 5) is 0. The minimum absolute atomic E-state index is 0.0218. The van der Waals surface area contributed by atoms with Crippen molar-refractivity contribution in [1.82, 2.24) is 0 Å². The van der Waals surface area contributed by atoms with Gasteiger partial charge in [0.1, 0.15) is 5.75 Å². The van der Waals surface area contributed by atoms with Crippen LogP contribution in [0.3, 0.4) is 0 Å². The first-order valence-corrected chi connectivity index (χ1v) is 4.90. The van der Waals surface area contributed by atoms with E-state index in [-0.39, 0.29) is 6.04 Å². The van der Waals surface area contributed by atoms with Crippen molar-refractivity contribution in [2.45, 2.75) is 12.5 Å². The molecule has 82 valence electrons. The molecule has 0 bridgehead atoms. The van der Waals surface area contributed by atoms with E-state index in [0.29, 0.717) is 18.1 Å². The van der Waals surface area contributed by atoms with Crippen molar-refractivity contribution in [3.05, 3.63) is 17.7 Å². The second-order valence-electron chi connectivity index (χ2n) is 3.49. The van der Waals surface area contributed by atoms with Crippen LogP contribution in [0.4, 0.5) is 0 Å². The first kappa shape index (κ1) is 10.1. The van der Waals surface area contributed by atoms with Gasteiger partial charge in [-0.15, -0.1) is 0 Å². The van der Waals surface area contributed by atoms with Gasteiger partial charge in [0, 0.05) is 24.1 Å². The first-order chi connectivity index (χ1) is 7.26. The summed E-state index contributed by atoms with van der Waals surface area (Å²) < 4.78 is 15.9. The lowest BCUT2D eigenvalue weighted by Crippen LogP contribution is -2.20. The average Bonchev–Trinajstić information content (AvgIpc) is 2.28. The highest BCUT2D eigenvalue weighted by molar-refractivity contribution is 5.52. The molecule has 0 aliphatic carbocycles. The van der Waals surface area contributed by atoms with E-state index in [0.717, 1.165) is 17.7 Å². The monoisotopic (exact) mass is 209 g/mol.